The third-order valence-electron chi connectivity index (χ3n) is 4.32. The van der Waals surface area contributed by atoms with E-state index in [4.69, 9.17) is 0 Å². The van der Waals surface area contributed by atoms with Gasteiger partial charge in [0, 0.05) is 25.7 Å². The van der Waals surface area contributed by atoms with Crippen LogP contribution in [-0.4, -0.2) is 24.9 Å². The maximum absolute atomic E-state index is 12.9. The first kappa shape index (κ1) is 20.6. The van der Waals surface area contributed by atoms with Crippen LogP contribution in [-0.2, 0) is 21.4 Å². The van der Waals surface area contributed by atoms with Crippen molar-refractivity contribution < 1.29 is 14.0 Å². The second-order valence-corrected chi connectivity index (χ2v) is 7.59. The van der Waals surface area contributed by atoms with E-state index < -0.39 is 0 Å². The molecule has 0 heterocycles. The lowest BCUT2D eigenvalue weighted by Gasteiger charge is -2.29. The van der Waals surface area contributed by atoms with Crippen molar-refractivity contribution in [3.05, 3.63) is 65.5 Å². The normalized spacial score (nSPS) is 11.1. The quantitative estimate of drug-likeness (QED) is 0.840. The Balaban J connectivity index is 2.01. The average Bonchev–Trinajstić information content (AvgIpc) is 2.60. The number of rotatable bonds is 6. The number of amides is 2. The summed E-state index contributed by atoms with van der Waals surface area (Å²) in [5.41, 5.74) is 2.59. The fourth-order valence-electron chi connectivity index (χ4n) is 2.95. The van der Waals surface area contributed by atoms with E-state index in [0.717, 1.165) is 16.8 Å². The van der Waals surface area contributed by atoms with Crippen molar-refractivity contribution in [2.75, 3.05) is 18.0 Å². The van der Waals surface area contributed by atoms with Crippen LogP contribution in [0.5, 0.6) is 0 Å². The van der Waals surface area contributed by atoms with Gasteiger partial charge in [-0.05, 0) is 34.7 Å². The van der Waals surface area contributed by atoms with Crippen LogP contribution in [0, 0.1) is 5.82 Å². The van der Waals surface area contributed by atoms with Crippen LogP contribution in [0.3, 0.4) is 0 Å². The summed E-state index contributed by atoms with van der Waals surface area (Å²) >= 11 is 0. The standard InChI is InChI=1S/C22H27FN2O2/c1-16(26)25(20-8-6-5-7-19(20)22(2,3)4)14-13-24-21(27)15-17-9-11-18(23)12-10-17/h5-12H,13-15H2,1-4H3,(H,24,27). The van der Waals surface area contributed by atoms with Crippen LogP contribution in [0.4, 0.5) is 10.1 Å². The molecule has 0 aromatic heterocycles. The molecule has 2 aromatic rings. The molecule has 0 fully saturated rings. The highest BCUT2D eigenvalue weighted by Gasteiger charge is 2.22. The zero-order valence-electron chi connectivity index (χ0n) is 16.4. The minimum absolute atomic E-state index is 0.0699. The van der Waals surface area contributed by atoms with Gasteiger partial charge in [-0.3, -0.25) is 9.59 Å². The molecule has 0 saturated heterocycles. The van der Waals surface area contributed by atoms with E-state index in [0.29, 0.717) is 13.1 Å². The summed E-state index contributed by atoms with van der Waals surface area (Å²) in [5, 5.41) is 2.83. The summed E-state index contributed by atoms with van der Waals surface area (Å²) in [4.78, 5) is 26.0. The van der Waals surface area contributed by atoms with Crippen molar-refractivity contribution >= 4 is 17.5 Å². The Kier molecular flexibility index (Phi) is 6.72. The maximum Gasteiger partial charge on any atom is 0.224 e. The fourth-order valence-corrected chi connectivity index (χ4v) is 2.95. The Labute approximate surface area is 160 Å². The summed E-state index contributed by atoms with van der Waals surface area (Å²) in [5.74, 6) is -0.553. The molecular weight excluding hydrogens is 343 g/mol. The first-order valence-electron chi connectivity index (χ1n) is 9.07. The summed E-state index contributed by atoms with van der Waals surface area (Å²) in [6, 6.07) is 13.7. The van der Waals surface area contributed by atoms with Gasteiger partial charge >= 0.3 is 0 Å². The molecule has 144 valence electrons. The molecule has 0 unspecified atom stereocenters. The van der Waals surface area contributed by atoms with Gasteiger partial charge < -0.3 is 10.2 Å². The van der Waals surface area contributed by atoms with E-state index in [-0.39, 0.29) is 29.5 Å². The van der Waals surface area contributed by atoms with Gasteiger partial charge in [0.05, 0.1) is 6.42 Å². The van der Waals surface area contributed by atoms with Crippen LogP contribution in [0.2, 0.25) is 0 Å². The molecule has 0 saturated carbocycles. The summed E-state index contributed by atoms with van der Waals surface area (Å²) in [6.07, 6.45) is 0.179. The first-order valence-corrected chi connectivity index (χ1v) is 9.07. The van der Waals surface area contributed by atoms with Crippen LogP contribution < -0.4 is 10.2 Å². The number of nitrogens with one attached hydrogen (secondary N) is 1. The molecule has 0 aliphatic rings. The minimum atomic E-state index is -0.325. The number of halogens is 1. The molecule has 0 radical (unpaired) electrons. The van der Waals surface area contributed by atoms with Gasteiger partial charge in [0.25, 0.3) is 0 Å². The summed E-state index contributed by atoms with van der Waals surface area (Å²) in [6.45, 7) is 8.58. The van der Waals surface area contributed by atoms with Gasteiger partial charge in [-0.2, -0.15) is 0 Å². The fraction of sp³-hybridized carbons (Fsp3) is 0.364. The van der Waals surface area contributed by atoms with Crippen LogP contribution in [0.1, 0.15) is 38.8 Å². The Hall–Kier alpha value is -2.69. The Morgan fingerprint density at radius 2 is 1.67 bits per heavy atom. The molecule has 0 bridgehead atoms. The molecule has 1 N–H and O–H groups in total. The highest BCUT2D eigenvalue weighted by molar-refractivity contribution is 5.92. The largest absolute Gasteiger partial charge is 0.354 e. The highest BCUT2D eigenvalue weighted by Crippen LogP contribution is 2.31. The lowest BCUT2D eigenvalue weighted by molar-refractivity contribution is -0.121. The topological polar surface area (TPSA) is 49.4 Å². The van der Waals surface area contributed by atoms with Gasteiger partial charge in [0.15, 0.2) is 0 Å². The van der Waals surface area contributed by atoms with Crippen LogP contribution in [0.25, 0.3) is 0 Å². The number of carbonyl (C=O) groups is 2. The number of anilines is 1. The lowest BCUT2D eigenvalue weighted by Crippen LogP contribution is -2.39. The zero-order chi connectivity index (χ0) is 20.0. The second-order valence-electron chi connectivity index (χ2n) is 7.59. The van der Waals surface area contributed by atoms with E-state index in [1.165, 1.54) is 19.1 Å². The van der Waals surface area contributed by atoms with Gasteiger partial charge in [-0.25, -0.2) is 4.39 Å². The molecule has 4 nitrogen and oxygen atoms in total. The molecule has 2 amide bonds. The molecule has 2 rings (SSSR count). The number of nitrogens with zero attached hydrogens (tertiary/aromatic N) is 1. The molecule has 27 heavy (non-hydrogen) atoms. The predicted octanol–water partition coefficient (Wildman–Crippen LogP) is 3.84. The highest BCUT2D eigenvalue weighted by atomic mass is 19.1. The van der Waals surface area contributed by atoms with Gasteiger partial charge in [0.2, 0.25) is 11.8 Å². The van der Waals surface area contributed by atoms with Crippen molar-refractivity contribution in [1.82, 2.24) is 5.32 Å². The Bertz CT molecular complexity index is 795. The van der Waals surface area contributed by atoms with Crippen molar-refractivity contribution in [2.45, 2.75) is 39.5 Å². The van der Waals surface area contributed by atoms with Crippen molar-refractivity contribution in [3.63, 3.8) is 0 Å². The van der Waals surface area contributed by atoms with Gasteiger partial charge in [-0.15, -0.1) is 0 Å². The number of hydrogen-bond donors (Lipinski definition) is 1. The SMILES string of the molecule is CC(=O)N(CCNC(=O)Cc1ccc(F)cc1)c1ccccc1C(C)(C)C. The molecule has 0 spiro atoms. The Morgan fingerprint density at radius 3 is 2.26 bits per heavy atom. The average molecular weight is 370 g/mol. The first-order chi connectivity index (χ1) is 12.7. The number of benzene rings is 2. The van der Waals surface area contributed by atoms with Crippen LogP contribution in [0.15, 0.2) is 48.5 Å². The van der Waals surface area contributed by atoms with E-state index >= 15 is 0 Å². The zero-order valence-corrected chi connectivity index (χ0v) is 16.4. The van der Waals surface area contributed by atoms with E-state index in [1.54, 1.807) is 17.0 Å². The number of carbonyl (C=O) groups excluding carboxylic acids is 2. The molecule has 2 aromatic carbocycles. The summed E-state index contributed by atoms with van der Waals surface area (Å²) in [7, 11) is 0. The predicted molar refractivity (Wildman–Crippen MR) is 106 cm³/mol. The number of para-hydroxylation sites is 1. The van der Waals surface area contributed by atoms with Crippen molar-refractivity contribution in [2.24, 2.45) is 0 Å². The Morgan fingerprint density at radius 1 is 1.04 bits per heavy atom. The minimum Gasteiger partial charge on any atom is -0.354 e. The van der Waals surface area contributed by atoms with Crippen molar-refractivity contribution in [1.29, 1.82) is 0 Å². The van der Waals surface area contributed by atoms with Gasteiger partial charge in [-0.1, -0.05) is 51.1 Å². The molecule has 5 heteroatoms. The number of hydrogen-bond acceptors (Lipinski definition) is 2. The maximum atomic E-state index is 12.9. The smallest absolute Gasteiger partial charge is 0.224 e. The molecular formula is C22H27FN2O2. The molecule has 0 atom stereocenters. The summed E-state index contributed by atoms with van der Waals surface area (Å²) < 4.78 is 12.9. The molecule has 0 aliphatic heterocycles. The lowest BCUT2D eigenvalue weighted by atomic mass is 9.85. The van der Waals surface area contributed by atoms with E-state index in [9.17, 15) is 14.0 Å². The van der Waals surface area contributed by atoms with E-state index in [2.05, 4.69) is 26.1 Å². The third kappa shape index (κ3) is 5.91. The van der Waals surface area contributed by atoms with Crippen molar-refractivity contribution in [3.8, 4) is 0 Å². The van der Waals surface area contributed by atoms with Crippen LogP contribution >= 0.6 is 0 Å². The third-order valence-corrected chi connectivity index (χ3v) is 4.32. The second kappa shape index (κ2) is 8.80. The van der Waals surface area contributed by atoms with E-state index in [1.807, 2.05) is 24.3 Å². The molecule has 0 aliphatic carbocycles. The monoisotopic (exact) mass is 370 g/mol. The van der Waals surface area contributed by atoms with Gasteiger partial charge in [0.1, 0.15) is 5.82 Å².